The van der Waals surface area contributed by atoms with E-state index < -0.39 is 0 Å². The highest BCUT2D eigenvalue weighted by Crippen LogP contribution is 2.27. The van der Waals surface area contributed by atoms with Crippen LogP contribution in [0.2, 0.25) is 0 Å². The topological polar surface area (TPSA) is 64.2 Å². The standard InChI is InChI=1S/C20H22N4O/c1-23-11-16(10-22-23)18-12-24(13-19(18)21)20(25)9-15-7-4-6-14-5-2-3-8-17(14)15/h2-8,10-11,18-19H,9,12-13,21H2,1H3. The van der Waals surface area contributed by atoms with Crippen LogP contribution < -0.4 is 5.73 Å². The lowest BCUT2D eigenvalue weighted by Crippen LogP contribution is -2.33. The van der Waals surface area contributed by atoms with Crippen LogP contribution in [0.5, 0.6) is 0 Å². The van der Waals surface area contributed by atoms with Crippen molar-refractivity contribution in [2.75, 3.05) is 13.1 Å². The van der Waals surface area contributed by atoms with E-state index in [0.29, 0.717) is 19.5 Å². The van der Waals surface area contributed by atoms with Crippen molar-refractivity contribution in [3.05, 3.63) is 66.0 Å². The van der Waals surface area contributed by atoms with E-state index in [1.807, 2.05) is 48.6 Å². The quantitative estimate of drug-likeness (QED) is 0.797. The Hall–Kier alpha value is -2.66. The second-order valence-electron chi connectivity index (χ2n) is 6.83. The molecule has 1 aliphatic heterocycles. The molecule has 5 nitrogen and oxygen atoms in total. The summed E-state index contributed by atoms with van der Waals surface area (Å²) in [5.41, 5.74) is 8.48. The van der Waals surface area contributed by atoms with Crippen molar-refractivity contribution in [1.29, 1.82) is 0 Å². The van der Waals surface area contributed by atoms with Gasteiger partial charge in [-0.05, 0) is 21.9 Å². The van der Waals surface area contributed by atoms with Crippen LogP contribution in [-0.4, -0.2) is 39.7 Å². The van der Waals surface area contributed by atoms with Gasteiger partial charge in [0.25, 0.3) is 0 Å². The highest BCUT2D eigenvalue weighted by atomic mass is 16.2. The van der Waals surface area contributed by atoms with Crippen LogP contribution >= 0.6 is 0 Å². The van der Waals surface area contributed by atoms with Gasteiger partial charge in [-0.2, -0.15) is 5.10 Å². The molecule has 1 aliphatic rings. The Balaban J connectivity index is 1.52. The number of aryl methyl sites for hydroxylation is 1. The van der Waals surface area contributed by atoms with Crippen molar-refractivity contribution in [2.24, 2.45) is 12.8 Å². The van der Waals surface area contributed by atoms with Gasteiger partial charge in [-0.3, -0.25) is 9.48 Å². The van der Waals surface area contributed by atoms with Gasteiger partial charge in [0.1, 0.15) is 0 Å². The van der Waals surface area contributed by atoms with E-state index in [-0.39, 0.29) is 17.9 Å². The molecule has 0 bridgehead atoms. The molecule has 1 aromatic heterocycles. The van der Waals surface area contributed by atoms with Crippen molar-refractivity contribution in [1.82, 2.24) is 14.7 Å². The summed E-state index contributed by atoms with van der Waals surface area (Å²) < 4.78 is 1.78. The zero-order valence-corrected chi connectivity index (χ0v) is 14.3. The number of hydrogen-bond acceptors (Lipinski definition) is 3. The summed E-state index contributed by atoms with van der Waals surface area (Å²) in [4.78, 5) is 14.7. The molecule has 4 rings (SSSR count). The molecule has 1 fully saturated rings. The molecular weight excluding hydrogens is 312 g/mol. The average Bonchev–Trinajstić information content (AvgIpc) is 3.21. The summed E-state index contributed by atoms with van der Waals surface area (Å²) in [5.74, 6) is 0.295. The third kappa shape index (κ3) is 3.03. The maximum absolute atomic E-state index is 12.8. The van der Waals surface area contributed by atoms with E-state index in [9.17, 15) is 4.79 Å². The van der Waals surface area contributed by atoms with Gasteiger partial charge >= 0.3 is 0 Å². The molecule has 128 valence electrons. The molecule has 0 spiro atoms. The zero-order valence-electron chi connectivity index (χ0n) is 14.3. The van der Waals surface area contributed by atoms with Gasteiger partial charge < -0.3 is 10.6 Å². The number of fused-ring (bicyclic) bond motifs is 1. The highest BCUT2D eigenvalue weighted by Gasteiger charge is 2.34. The van der Waals surface area contributed by atoms with Gasteiger partial charge in [0.2, 0.25) is 5.91 Å². The van der Waals surface area contributed by atoms with Gasteiger partial charge in [-0.1, -0.05) is 42.5 Å². The molecule has 1 amide bonds. The second kappa shape index (κ2) is 6.33. The predicted octanol–water partition coefficient (Wildman–Crippen LogP) is 2.07. The molecule has 3 aromatic rings. The van der Waals surface area contributed by atoms with Crippen LogP contribution in [0, 0.1) is 0 Å². The van der Waals surface area contributed by atoms with Crippen molar-refractivity contribution >= 4 is 16.7 Å². The minimum atomic E-state index is -0.0410. The summed E-state index contributed by atoms with van der Waals surface area (Å²) in [6, 6.07) is 14.3. The van der Waals surface area contributed by atoms with Crippen molar-refractivity contribution < 1.29 is 4.79 Å². The minimum absolute atomic E-state index is 0.0410. The van der Waals surface area contributed by atoms with Gasteiger partial charge in [0, 0.05) is 38.3 Å². The monoisotopic (exact) mass is 334 g/mol. The lowest BCUT2D eigenvalue weighted by atomic mass is 9.98. The smallest absolute Gasteiger partial charge is 0.227 e. The number of nitrogens with zero attached hydrogens (tertiary/aromatic N) is 3. The van der Waals surface area contributed by atoms with Crippen LogP contribution in [0.15, 0.2) is 54.9 Å². The second-order valence-corrected chi connectivity index (χ2v) is 6.83. The fourth-order valence-electron chi connectivity index (χ4n) is 3.74. The van der Waals surface area contributed by atoms with Crippen LogP contribution in [0.3, 0.4) is 0 Å². The largest absolute Gasteiger partial charge is 0.340 e. The lowest BCUT2D eigenvalue weighted by Gasteiger charge is -2.17. The third-order valence-corrected chi connectivity index (χ3v) is 5.09. The van der Waals surface area contributed by atoms with Crippen molar-refractivity contribution in [2.45, 2.75) is 18.4 Å². The number of aromatic nitrogens is 2. The Morgan fingerprint density at radius 3 is 2.80 bits per heavy atom. The van der Waals surface area contributed by atoms with E-state index in [2.05, 4.69) is 23.3 Å². The van der Waals surface area contributed by atoms with E-state index in [0.717, 1.165) is 16.5 Å². The van der Waals surface area contributed by atoms with Crippen LogP contribution in [0.25, 0.3) is 10.8 Å². The number of amides is 1. The van der Waals surface area contributed by atoms with Crippen molar-refractivity contribution in [3.8, 4) is 0 Å². The van der Waals surface area contributed by atoms with E-state index in [1.165, 1.54) is 5.39 Å². The Morgan fingerprint density at radius 2 is 2.00 bits per heavy atom. The van der Waals surface area contributed by atoms with Crippen molar-refractivity contribution in [3.63, 3.8) is 0 Å². The van der Waals surface area contributed by atoms with Gasteiger partial charge in [0.05, 0.1) is 12.6 Å². The first kappa shape index (κ1) is 15.8. The molecule has 2 atom stereocenters. The normalized spacial score (nSPS) is 20.3. The number of hydrogen-bond donors (Lipinski definition) is 1. The number of carbonyl (C=O) groups excluding carboxylic acids is 1. The number of carbonyl (C=O) groups is 1. The van der Waals surface area contributed by atoms with E-state index >= 15 is 0 Å². The maximum atomic E-state index is 12.8. The van der Waals surface area contributed by atoms with E-state index in [4.69, 9.17) is 5.73 Å². The number of benzene rings is 2. The molecule has 5 heteroatoms. The fourth-order valence-corrected chi connectivity index (χ4v) is 3.74. The molecule has 2 aromatic carbocycles. The summed E-state index contributed by atoms with van der Waals surface area (Å²) in [7, 11) is 1.90. The Bertz CT molecular complexity index is 911. The van der Waals surface area contributed by atoms with Crippen LogP contribution in [-0.2, 0) is 18.3 Å². The Morgan fingerprint density at radius 1 is 1.20 bits per heavy atom. The van der Waals surface area contributed by atoms with Gasteiger partial charge in [-0.15, -0.1) is 0 Å². The first-order valence-electron chi connectivity index (χ1n) is 8.60. The van der Waals surface area contributed by atoms with E-state index in [1.54, 1.807) is 4.68 Å². The maximum Gasteiger partial charge on any atom is 0.227 e. The number of rotatable bonds is 3. The Labute approximate surface area is 147 Å². The molecule has 2 unspecified atom stereocenters. The third-order valence-electron chi connectivity index (χ3n) is 5.09. The molecule has 25 heavy (non-hydrogen) atoms. The summed E-state index contributed by atoms with van der Waals surface area (Å²) in [6.07, 6.45) is 4.25. The van der Waals surface area contributed by atoms with Gasteiger partial charge in [0.15, 0.2) is 0 Å². The lowest BCUT2D eigenvalue weighted by molar-refractivity contribution is -0.129. The first-order valence-corrected chi connectivity index (χ1v) is 8.60. The fraction of sp³-hybridized carbons (Fsp3) is 0.300. The number of likely N-dealkylation sites (tertiary alicyclic amines) is 1. The zero-order chi connectivity index (χ0) is 17.4. The average molecular weight is 334 g/mol. The number of nitrogens with two attached hydrogens (primary N) is 1. The predicted molar refractivity (Wildman–Crippen MR) is 98.2 cm³/mol. The SMILES string of the molecule is Cn1cc(C2CN(C(=O)Cc3cccc4ccccc34)CC2N)cn1. The molecular formula is C20H22N4O. The Kier molecular flexibility index (Phi) is 4.01. The molecule has 0 saturated carbocycles. The molecule has 1 saturated heterocycles. The summed E-state index contributed by atoms with van der Waals surface area (Å²) in [6.45, 7) is 1.26. The van der Waals surface area contributed by atoms with Crippen LogP contribution in [0.1, 0.15) is 17.0 Å². The highest BCUT2D eigenvalue weighted by molar-refractivity contribution is 5.90. The summed E-state index contributed by atoms with van der Waals surface area (Å²) in [5, 5.41) is 6.54. The molecule has 2 N–H and O–H groups in total. The summed E-state index contributed by atoms with van der Waals surface area (Å²) >= 11 is 0. The first-order chi connectivity index (χ1) is 12.1. The van der Waals surface area contributed by atoms with Gasteiger partial charge in [-0.25, -0.2) is 0 Å². The molecule has 2 heterocycles. The molecule has 0 radical (unpaired) electrons. The molecule has 0 aliphatic carbocycles. The van der Waals surface area contributed by atoms with Crippen LogP contribution in [0.4, 0.5) is 0 Å². The minimum Gasteiger partial charge on any atom is -0.340 e.